The van der Waals surface area contributed by atoms with Gasteiger partial charge in [0, 0.05) is 18.7 Å². The number of hydrogen-bond acceptors (Lipinski definition) is 4. The summed E-state index contributed by atoms with van der Waals surface area (Å²) in [6.07, 6.45) is 0.635. The molecular weight excluding hydrogens is 368 g/mol. The summed E-state index contributed by atoms with van der Waals surface area (Å²) in [6.45, 7) is 0.969. The Morgan fingerprint density at radius 1 is 1.07 bits per heavy atom. The van der Waals surface area contributed by atoms with Crippen LogP contribution >= 0.6 is 0 Å². The fraction of sp³-hybridized carbons (Fsp3) is 0.227. The van der Waals surface area contributed by atoms with Crippen molar-refractivity contribution in [2.45, 2.75) is 25.6 Å². The third-order valence-corrected chi connectivity index (χ3v) is 4.72. The van der Waals surface area contributed by atoms with Crippen molar-refractivity contribution in [2.24, 2.45) is 0 Å². The van der Waals surface area contributed by atoms with Crippen LogP contribution in [0, 0.1) is 0 Å². The summed E-state index contributed by atoms with van der Waals surface area (Å²) in [6, 6.07) is 20.7. The fourth-order valence-corrected chi connectivity index (χ4v) is 3.31. The molecule has 2 N–H and O–H groups in total. The molecule has 1 atom stereocenters. The van der Waals surface area contributed by atoms with Gasteiger partial charge in [0.25, 0.3) is 11.8 Å². The summed E-state index contributed by atoms with van der Waals surface area (Å²) >= 11 is 0. The monoisotopic (exact) mass is 390 g/mol. The van der Waals surface area contributed by atoms with E-state index in [0.717, 1.165) is 11.3 Å². The minimum atomic E-state index is -0.201. The van der Waals surface area contributed by atoms with Crippen molar-refractivity contribution in [2.75, 3.05) is 6.61 Å². The number of amides is 2. The third-order valence-electron chi connectivity index (χ3n) is 4.72. The standard InChI is InChI=1S/C22H22N4O3/c27-21(15-29-19-9-5-2-6-10-19)24-17-11-18-12-20(25-26(18)14-17)22(28)23-13-16-7-3-1-4-8-16/h1-10,12,17H,11,13-15H2,(H,23,28)(H,24,27)/t17-/m0/s1. The van der Waals surface area contributed by atoms with E-state index in [-0.39, 0.29) is 24.5 Å². The maximum absolute atomic E-state index is 12.3. The van der Waals surface area contributed by atoms with Crippen LogP contribution in [-0.4, -0.2) is 34.2 Å². The Labute approximate surface area is 168 Å². The van der Waals surface area contributed by atoms with Gasteiger partial charge in [0.2, 0.25) is 0 Å². The van der Waals surface area contributed by atoms with Crippen LogP contribution < -0.4 is 15.4 Å². The number of benzene rings is 2. The van der Waals surface area contributed by atoms with Crippen molar-refractivity contribution in [3.05, 3.63) is 83.7 Å². The molecule has 0 spiro atoms. The highest BCUT2D eigenvalue weighted by atomic mass is 16.5. The first-order chi connectivity index (χ1) is 14.2. The Kier molecular flexibility index (Phi) is 5.56. The lowest BCUT2D eigenvalue weighted by molar-refractivity contribution is -0.123. The van der Waals surface area contributed by atoms with E-state index in [2.05, 4.69) is 15.7 Å². The van der Waals surface area contributed by atoms with Gasteiger partial charge in [-0.15, -0.1) is 0 Å². The molecule has 7 nitrogen and oxygen atoms in total. The highest BCUT2D eigenvalue weighted by molar-refractivity contribution is 5.92. The minimum absolute atomic E-state index is 0.0318. The maximum atomic E-state index is 12.3. The van der Waals surface area contributed by atoms with Crippen LogP contribution in [0.15, 0.2) is 66.7 Å². The molecule has 2 amide bonds. The van der Waals surface area contributed by atoms with Crippen molar-refractivity contribution in [3.63, 3.8) is 0 Å². The molecule has 4 rings (SSSR count). The average molecular weight is 390 g/mol. The van der Waals surface area contributed by atoms with Gasteiger partial charge in [-0.2, -0.15) is 5.10 Å². The molecule has 0 aliphatic carbocycles. The number of aromatic nitrogens is 2. The summed E-state index contributed by atoms with van der Waals surface area (Å²) in [5.74, 6) is 0.284. The van der Waals surface area contributed by atoms with Gasteiger partial charge >= 0.3 is 0 Å². The maximum Gasteiger partial charge on any atom is 0.272 e. The van der Waals surface area contributed by atoms with Crippen LogP contribution in [0.4, 0.5) is 0 Å². The van der Waals surface area contributed by atoms with Gasteiger partial charge in [0.1, 0.15) is 11.4 Å². The zero-order valence-electron chi connectivity index (χ0n) is 15.9. The van der Waals surface area contributed by atoms with Gasteiger partial charge in [-0.1, -0.05) is 48.5 Å². The van der Waals surface area contributed by atoms with Gasteiger partial charge < -0.3 is 15.4 Å². The third kappa shape index (κ3) is 4.82. The van der Waals surface area contributed by atoms with E-state index in [1.165, 1.54) is 0 Å². The number of rotatable bonds is 7. The number of nitrogens with one attached hydrogen (secondary N) is 2. The van der Waals surface area contributed by atoms with Gasteiger partial charge in [0.15, 0.2) is 6.61 Å². The number of hydrogen-bond donors (Lipinski definition) is 2. The zero-order valence-corrected chi connectivity index (χ0v) is 15.9. The first-order valence-corrected chi connectivity index (χ1v) is 9.53. The first kappa shape index (κ1) is 18.7. The minimum Gasteiger partial charge on any atom is -0.484 e. The second-order valence-electron chi connectivity index (χ2n) is 6.94. The molecule has 0 bridgehead atoms. The Balaban J connectivity index is 1.25. The van der Waals surface area contributed by atoms with E-state index in [1.54, 1.807) is 10.7 Å². The average Bonchev–Trinajstić information content (AvgIpc) is 3.31. The number of para-hydroxylation sites is 1. The van der Waals surface area contributed by atoms with Gasteiger partial charge in [-0.25, -0.2) is 0 Å². The van der Waals surface area contributed by atoms with Crippen LogP contribution in [0.5, 0.6) is 5.75 Å². The Morgan fingerprint density at radius 2 is 1.79 bits per heavy atom. The largest absolute Gasteiger partial charge is 0.484 e. The summed E-state index contributed by atoms with van der Waals surface area (Å²) < 4.78 is 7.24. The van der Waals surface area contributed by atoms with E-state index in [0.29, 0.717) is 31.0 Å². The number of carbonyl (C=O) groups is 2. The number of carbonyl (C=O) groups excluding carboxylic acids is 2. The van der Waals surface area contributed by atoms with Gasteiger partial charge in [0.05, 0.1) is 12.6 Å². The Morgan fingerprint density at radius 3 is 2.52 bits per heavy atom. The highest BCUT2D eigenvalue weighted by Crippen LogP contribution is 2.16. The Bertz CT molecular complexity index is 962. The normalized spacial score (nSPS) is 14.8. The van der Waals surface area contributed by atoms with Crippen molar-refractivity contribution in [3.8, 4) is 5.75 Å². The Hall–Kier alpha value is -3.61. The molecule has 0 radical (unpaired) electrons. The van der Waals surface area contributed by atoms with Crippen LogP contribution in [0.3, 0.4) is 0 Å². The van der Waals surface area contributed by atoms with Crippen LogP contribution in [0.2, 0.25) is 0 Å². The molecule has 0 unspecified atom stereocenters. The summed E-state index contributed by atoms with van der Waals surface area (Å²) in [5.41, 5.74) is 2.37. The van der Waals surface area contributed by atoms with Crippen molar-refractivity contribution >= 4 is 11.8 Å². The quantitative estimate of drug-likeness (QED) is 0.646. The van der Waals surface area contributed by atoms with Crippen molar-refractivity contribution < 1.29 is 14.3 Å². The molecule has 7 heteroatoms. The molecule has 0 saturated carbocycles. The lowest BCUT2D eigenvalue weighted by Gasteiger charge is -2.12. The van der Waals surface area contributed by atoms with Gasteiger partial charge in [-0.05, 0) is 23.8 Å². The molecule has 0 fully saturated rings. The van der Waals surface area contributed by atoms with Crippen LogP contribution in [0.1, 0.15) is 21.7 Å². The van der Waals surface area contributed by atoms with Crippen LogP contribution in [0.25, 0.3) is 0 Å². The van der Waals surface area contributed by atoms with E-state index in [9.17, 15) is 9.59 Å². The van der Waals surface area contributed by atoms with E-state index in [1.807, 2.05) is 60.7 Å². The highest BCUT2D eigenvalue weighted by Gasteiger charge is 2.26. The molecule has 148 valence electrons. The summed E-state index contributed by atoms with van der Waals surface area (Å²) in [4.78, 5) is 24.4. The first-order valence-electron chi connectivity index (χ1n) is 9.53. The lowest BCUT2D eigenvalue weighted by atomic mass is 10.2. The van der Waals surface area contributed by atoms with Crippen molar-refractivity contribution in [1.29, 1.82) is 0 Å². The van der Waals surface area contributed by atoms with E-state index in [4.69, 9.17) is 4.74 Å². The second-order valence-corrected chi connectivity index (χ2v) is 6.94. The predicted octanol–water partition coefficient (Wildman–Crippen LogP) is 1.93. The molecule has 1 aliphatic rings. The lowest BCUT2D eigenvalue weighted by Crippen LogP contribution is -2.39. The molecule has 0 saturated heterocycles. The number of ether oxygens (including phenoxy) is 1. The predicted molar refractivity (Wildman–Crippen MR) is 107 cm³/mol. The molecule has 2 heterocycles. The molecule has 1 aromatic heterocycles. The topological polar surface area (TPSA) is 85.2 Å². The number of nitrogens with zero attached hydrogens (tertiary/aromatic N) is 2. The molecule has 2 aromatic carbocycles. The van der Waals surface area contributed by atoms with Crippen LogP contribution in [-0.2, 0) is 24.3 Å². The fourth-order valence-electron chi connectivity index (χ4n) is 3.31. The SMILES string of the molecule is O=C(COc1ccccc1)N[C@H]1Cc2cc(C(=O)NCc3ccccc3)nn2C1. The zero-order chi connectivity index (χ0) is 20.1. The molecule has 1 aliphatic heterocycles. The smallest absolute Gasteiger partial charge is 0.272 e. The van der Waals surface area contributed by atoms with Gasteiger partial charge in [-0.3, -0.25) is 14.3 Å². The summed E-state index contributed by atoms with van der Waals surface area (Å²) in [5, 5.41) is 10.2. The molecular formula is C22H22N4O3. The van der Waals surface area contributed by atoms with E-state index < -0.39 is 0 Å². The summed E-state index contributed by atoms with van der Waals surface area (Å²) in [7, 11) is 0. The number of fused-ring (bicyclic) bond motifs is 1. The molecule has 29 heavy (non-hydrogen) atoms. The van der Waals surface area contributed by atoms with E-state index >= 15 is 0 Å². The molecule has 3 aromatic rings. The second kappa shape index (κ2) is 8.60. The van der Waals surface area contributed by atoms with Crippen molar-refractivity contribution in [1.82, 2.24) is 20.4 Å².